The average molecular weight is 135 g/mol. The van der Waals surface area contributed by atoms with Gasteiger partial charge in [-0.2, -0.15) is 0 Å². The van der Waals surface area contributed by atoms with Crippen LogP contribution in [0, 0.1) is 0 Å². The van der Waals surface area contributed by atoms with Crippen LogP contribution in [0.2, 0.25) is 0 Å². The molecule has 0 N–H and O–H groups in total. The summed E-state index contributed by atoms with van der Waals surface area (Å²) >= 11 is 0. The summed E-state index contributed by atoms with van der Waals surface area (Å²) in [5.74, 6) is 0. The first-order valence-electron chi connectivity index (χ1n) is 0. The molecule has 0 aromatic rings. The molecule has 0 bridgehead atoms. The number of hydrogen-bond donors (Lipinski definition) is 0. The number of rotatable bonds is 0. The van der Waals surface area contributed by atoms with Gasteiger partial charge in [0.15, 0.2) is 0 Å². The van der Waals surface area contributed by atoms with Crippen LogP contribution in [0.3, 0.4) is 0 Å². The minimum absolute atomic E-state index is 0. The number of hydrogen-bond acceptors (Lipinski definition) is 0. The van der Waals surface area contributed by atoms with Crippen LogP contribution in [0.4, 0.5) is 0 Å². The molecule has 0 aliphatic rings. The zero-order valence-electron chi connectivity index (χ0n) is 0. The van der Waals surface area contributed by atoms with Crippen molar-refractivity contribution in [1.82, 2.24) is 0 Å². The maximum atomic E-state index is 0. The topological polar surface area (TPSA) is 0 Å². The summed E-state index contributed by atoms with van der Waals surface area (Å²) in [6, 6.07) is 0. The van der Waals surface area contributed by atoms with Crippen molar-refractivity contribution in [2.45, 2.75) is 0 Å². The first kappa shape index (κ1) is 23.7. The Kier molecular flexibility index (Phi) is 92.8. The van der Waals surface area contributed by atoms with E-state index in [-0.39, 0.29) is 135 Å². The van der Waals surface area contributed by atoms with Crippen LogP contribution in [0.1, 0.15) is 0 Å². The molecule has 0 aromatic carbocycles. The molecule has 0 aromatic heterocycles. The summed E-state index contributed by atoms with van der Waals surface area (Å²) in [5.41, 5.74) is 0. The SMILES string of the molecule is [CaH2].[KH].[MgH2].[MgH2]. The zero-order valence-corrected chi connectivity index (χ0v) is 0. The van der Waals surface area contributed by atoms with Crippen molar-refractivity contribution in [2.24, 2.45) is 0 Å². The minimum Gasteiger partial charge on any atom is 0.316 e. The molecule has 0 aliphatic heterocycles. The van der Waals surface area contributed by atoms with Gasteiger partial charge >= 0.3 is 135 Å². The van der Waals surface area contributed by atoms with E-state index in [2.05, 4.69) is 0 Å². The van der Waals surface area contributed by atoms with Crippen molar-refractivity contribution in [1.29, 1.82) is 0 Å². The molecule has 0 atom stereocenters. The van der Waals surface area contributed by atoms with Crippen molar-refractivity contribution >= 4 is 135 Å². The normalized spacial score (nSPS) is 0. The molecule has 0 aliphatic carbocycles. The van der Waals surface area contributed by atoms with Gasteiger partial charge < -0.3 is 0 Å². The van der Waals surface area contributed by atoms with Gasteiger partial charge in [-0.15, -0.1) is 0 Å². The summed E-state index contributed by atoms with van der Waals surface area (Å²) in [5, 5.41) is 0. The van der Waals surface area contributed by atoms with E-state index in [0.29, 0.717) is 0 Å². The fourth-order valence-corrected chi connectivity index (χ4v) is 0. The van der Waals surface area contributed by atoms with Crippen LogP contribution in [-0.4, -0.2) is 135 Å². The van der Waals surface area contributed by atoms with Crippen LogP contribution in [-0.2, 0) is 0 Å². The van der Waals surface area contributed by atoms with E-state index in [9.17, 15) is 0 Å². The van der Waals surface area contributed by atoms with Gasteiger partial charge in [-0.05, 0) is 0 Å². The summed E-state index contributed by atoms with van der Waals surface area (Å²) in [4.78, 5) is 0. The third-order valence-corrected chi connectivity index (χ3v) is 0. The quantitative estimate of drug-likeness (QED) is 0.304. The van der Waals surface area contributed by atoms with E-state index < -0.39 is 0 Å². The second-order valence-electron chi connectivity index (χ2n) is 0. The Morgan fingerprint density at radius 3 is 0.750 bits per heavy atom. The van der Waals surface area contributed by atoms with Gasteiger partial charge in [0, 0.05) is 0 Å². The fraction of sp³-hybridized carbons (Fsp3) is 0. The fourth-order valence-electron chi connectivity index (χ4n) is 0. The van der Waals surface area contributed by atoms with Crippen LogP contribution in [0.5, 0.6) is 0 Å². The van der Waals surface area contributed by atoms with E-state index in [1.165, 1.54) is 0 Å². The van der Waals surface area contributed by atoms with Crippen LogP contribution in [0.25, 0.3) is 0 Å². The maximum Gasteiger partial charge on any atom is 0.316 e. The Morgan fingerprint density at radius 2 is 0.750 bits per heavy atom. The van der Waals surface area contributed by atoms with Gasteiger partial charge in [0.25, 0.3) is 0 Å². The zero-order chi connectivity index (χ0) is 0. The Bertz CT molecular complexity index is 6.00. The van der Waals surface area contributed by atoms with Gasteiger partial charge in [0.1, 0.15) is 0 Å². The van der Waals surface area contributed by atoms with Crippen molar-refractivity contribution < 1.29 is 0 Å². The molecule has 0 radical (unpaired) electrons. The van der Waals surface area contributed by atoms with Gasteiger partial charge in [0.2, 0.25) is 0 Å². The van der Waals surface area contributed by atoms with Gasteiger partial charge in [-0.25, -0.2) is 0 Å². The molecule has 4 heavy (non-hydrogen) atoms. The Balaban J connectivity index is 0. The van der Waals surface area contributed by atoms with E-state index >= 15 is 0 Å². The first-order chi connectivity index (χ1) is 0. The average Bonchev–Trinajstić information content (AvgIpc) is 0. The molecule has 0 fully saturated rings. The first-order valence-corrected chi connectivity index (χ1v) is 0. The molecule has 0 saturated carbocycles. The molecule has 0 saturated heterocycles. The molecule has 0 unspecified atom stereocenters. The van der Waals surface area contributed by atoms with Gasteiger partial charge in [0.05, 0.1) is 0 Å². The second kappa shape index (κ2) is 15.7. The van der Waals surface area contributed by atoms with E-state index in [1.54, 1.807) is 0 Å². The van der Waals surface area contributed by atoms with E-state index in [4.69, 9.17) is 0 Å². The smallest absolute Gasteiger partial charge is 0.316 e. The molecule has 0 amide bonds. The van der Waals surface area contributed by atoms with Crippen LogP contribution >= 0.6 is 0 Å². The summed E-state index contributed by atoms with van der Waals surface area (Å²) in [7, 11) is 0. The molecule has 0 nitrogen and oxygen atoms in total. The predicted molar refractivity (Wildman–Crippen MR) is 32.8 cm³/mol. The third-order valence-electron chi connectivity index (χ3n) is 0. The molecule has 14 valence electrons. The van der Waals surface area contributed by atoms with Crippen molar-refractivity contribution in [3.63, 3.8) is 0 Å². The second-order valence-corrected chi connectivity index (χ2v) is 0. The van der Waals surface area contributed by atoms with E-state index in [0.717, 1.165) is 0 Å². The molecule has 4 heteroatoms. The van der Waals surface area contributed by atoms with Crippen LogP contribution < -0.4 is 0 Å². The minimum atomic E-state index is 0. The predicted octanol–water partition coefficient (Wildman–Crippen LogP) is -3.40. The van der Waals surface area contributed by atoms with Crippen molar-refractivity contribution in [3.8, 4) is 0 Å². The summed E-state index contributed by atoms with van der Waals surface area (Å²) in [6.07, 6.45) is 0. The molecule has 0 heterocycles. The van der Waals surface area contributed by atoms with Gasteiger partial charge in [-0.1, -0.05) is 0 Å². The van der Waals surface area contributed by atoms with Crippen molar-refractivity contribution in [3.05, 3.63) is 0 Å². The maximum absolute atomic E-state index is 0. The van der Waals surface area contributed by atoms with E-state index in [1.807, 2.05) is 0 Å². The van der Waals surface area contributed by atoms with Gasteiger partial charge in [-0.3, -0.25) is 0 Å². The van der Waals surface area contributed by atoms with Crippen LogP contribution in [0.15, 0.2) is 0 Å². The monoisotopic (exact) mass is 134 g/mol. The Morgan fingerprint density at radius 1 is 0.750 bits per heavy atom. The Hall–Kier alpha value is 4.43. The molecule has 0 spiro atoms. The molecule has 0 rings (SSSR count). The summed E-state index contributed by atoms with van der Waals surface area (Å²) < 4.78 is 0. The third kappa shape index (κ3) is 9.66. The summed E-state index contributed by atoms with van der Waals surface area (Å²) in [6.45, 7) is 0. The largest absolute Gasteiger partial charge is 0.316 e. The Labute approximate surface area is 131 Å². The standard InChI is InChI=1S/Ca.K.2Mg.7H. The van der Waals surface area contributed by atoms with Crippen molar-refractivity contribution in [2.75, 3.05) is 0 Å². The molecular formula is H7CaKMg2. The molecular weight excluding hydrogens is 128 g/mol.